The highest BCUT2D eigenvalue weighted by atomic mass is 19.4. The quantitative estimate of drug-likeness (QED) is 0.807. The molecule has 1 aromatic rings. The minimum atomic E-state index is -4.98. The number of carbonyl (C=O) groups excluding carboxylic acids is 1. The van der Waals surface area contributed by atoms with Crippen molar-refractivity contribution in [1.82, 2.24) is 0 Å². The van der Waals surface area contributed by atoms with E-state index in [0.717, 1.165) is 19.2 Å². The van der Waals surface area contributed by atoms with Crippen molar-refractivity contribution >= 4 is 5.97 Å². The van der Waals surface area contributed by atoms with Gasteiger partial charge in [0.05, 0.1) is 7.11 Å². The van der Waals surface area contributed by atoms with Crippen molar-refractivity contribution in [3.8, 4) is 5.75 Å². The maximum Gasteiger partial charge on any atom is 0.410 e. The number of para-hydroxylation sites is 1. The molecule has 0 bridgehead atoms. The predicted octanol–water partition coefficient (Wildman–Crippen LogP) is 1.32. The summed E-state index contributed by atoms with van der Waals surface area (Å²) in [7, 11) is 0.832. The number of aromatic hydroxyl groups is 1. The van der Waals surface area contributed by atoms with Crippen LogP contribution in [0, 0.1) is 0 Å². The Balaban J connectivity index is 3.56. The van der Waals surface area contributed by atoms with Crippen LogP contribution in [0.3, 0.4) is 0 Å². The standard InChI is InChI=1S/C11H12F3NO3/c1-18-9(17)10(6-15,11(12,13)14)7-4-2-3-5-8(7)16/h2-5,16H,6,15H2,1H3. The minimum Gasteiger partial charge on any atom is -0.508 e. The van der Waals surface area contributed by atoms with Crippen molar-refractivity contribution in [2.75, 3.05) is 13.7 Å². The summed E-state index contributed by atoms with van der Waals surface area (Å²) in [6.07, 6.45) is -4.98. The molecule has 4 nitrogen and oxygen atoms in total. The number of rotatable bonds is 3. The predicted molar refractivity (Wildman–Crippen MR) is 56.9 cm³/mol. The highest BCUT2D eigenvalue weighted by molar-refractivity contribution is 5.85. The number of halogens is 3. The lowest BCUT2D eigenvalue weighted by atomic mass is 9.79. The normalized spacial score (nSPS) is 14.9. The molecule has 1 atom stereocenters. The van der Waals surface area contributed by atoms with Crippen molar-refractivity contribution in [2.24, 2.45) is 5.73 Å². The zero-order valence-electron chi connectivity index (χ0n) is 9.49. The molecular formula is C11H12F3NO3. The van der Waals surface area contributed by atoms with E-state index in [1.54, 1.807) is 0 Å². The van der Waals surface area contributed by atoms with E-state index in [2.05, 4.69) is 4.74 Å². The fraction of sp³-hybridized carbons (Fsp3) is 0.364. The van der Waals surface area contributed by atoms with Gasteiger partial charge in [-0.05, 0) is 6.07 Å². The van der Waals surface area contributed by atoms with Crippen LogP contribution >= 0.6 is 0 Å². The van der Waals surface area contributed by atoms with Gasteiger partial charge in [0.15, 0.2) is 0 Å². The third-order valence-electron chi connectivity index (χ3n) is 2.69. The zero-order valence-corrected chi connectivity index (χ0v) is 9.49. The molecule has 1 unspecified atom stereocenters. The van der Waals surface area contributed by atoms with Gasteiger partial charge >= 0.3 is 12.1 Å². The number of hydrogen-bond donors (Lipinski definition) is 2. The number of hydrogen-bond acceptors (Lipinski definition) is 4. The number of phenolic OH excluding ortho intramolecular Hbond substituents is 1. The Hall–Kier alpha value is -1.76. The lowest BCUT2D eigenvalue weighted by Gasteiger charge is -2.32. The van der Waals surface area contributed by atoms with Crippen LogP contribution in [-0.4, -0.2) is 30.9 Å². The third kappa shape index (κ3) is 2.01. The van der Waals surface area contributed by atoms with Gasteiger partial charge in [-0.1, -0.05) is 18.2 Å². The third-order valence-corrected chi connectivity index (χ3v) is 2.69. The molecule has 0 aliphatic carbocycles. The fourth-order valence-electron chi connectivity index (χ4n) is 1.70. The number of benzene rings is 1. The van der Waals surface area contributed by atoms with E-state index in [1.807, 2.05) is 0 Å². The van der Waals surface area contributed by atoms with E-state index in [-0.39, 0.29) is 0 Å². The van der Waals surface area contributed by atoms with Gasteiger partial charge in [-0.2, -0.15) is 13.2 Å². The summed E-state index contributed by atoms with van der Waals surface area (Å²) in [5.74, 6) is -2.22. The first kappa shape index (κ1) is 14.3. The van der Waals surface area contributed by atoms with Gasteiger partial charge in [-0.15, -0.1) is 0 Å². The molecule has 0 heterocycles. The summed E-state index contributed by atoms with van der Waals surface area (Å²) in [4.78, 5) is 11.5. The summed E-state index contributed by atoms with van der Waals surface area (Å²) < 4.78 is 43.8. The van der Waals surface area contributed by atoms with Gasteiger partial charge in [0.2, 0.25) is 5.41 Å². The summed E-state index contributed by atoms with van der Waals surface area (Å²) in [6, 6.07) is 4.66. The molecule has 7 heteroatoms. The Labute approximate surface area is 101 Å². The Morgan fingerprint density at radius 1 is 1.39 bits per heavy atom. The summed E-state index contributed by atoms with van der Waals surface area (Å²) >= 11 is 0. The first-order valence-corrected chi connectivity index (χ1v) is 4.95. The van der Waals surface area contributed by atoms with Crippen LogP contribution in [-0.2, 0) is 14.9 Å². The molecule has 0 aromatic heterocycles. The number of nitrogens with two attached hydrogens (primary N) is 1. The first-order chi connectivity index (χ1) is 8.31. The van der Waals surface area contributed by atoms with E-state index in [9.17, 15) is 23.1 Å². The highest BCUT2D eigenvalue weighted by Crippen LogP contribution is 2.44. The Bertz CT molecular complexity index is 447. The molecule has 0 aliphatic heterocycles. The van der Waals surface area contributed by atoms with Crippen molar-refractivity contribution in [2.45, 2.75) is 11.6 Å². The number of phenols is 1. The Morgan fingerprint density at radius 2 is 1.94 bits per heavy atom. The van der Waals surface area contributed by atoms with Crippen LogP contribution in [0.1, 0.15) is 5.56 Å². The molecule has 3 N–H and O–H groups in total. The van der Waals surface area contributed by atoms with Crippen LogP contribution < -0.4 is 5.73 Å². The molecule has 100 valence electrons. The van der Waals surface area contributed by atoms with Gasteiger partial charge in [-0.25, -0.2) is 0 Å². The van der Waals surface area contributed by atoms with Crippen LogP contribution in [0.25, 0.3) is 0 Å². The van der Waals surface area contributed by atoms with E-state index in [1.165, 1.54) is 12.1 Å². The molecule has 0 fully saturated rings. The van der Waals surface area contributed by atoms with Gasteiger partial charge in [0, 0.05) is 12.1 Å². The lowest BCUT2D eigenvalue weighted by Crippen LogP contribution is -2.55. The van der Waals surface area contributed by atoms with Crippen LogP contribution in [0.5, 0.6) is 5.75 Å². The van der Waals surface area contributed by atoms with Gasteiger partial charge in [-0.3, -0.25) is 4.79 Å². The molecule has 0 saturated heterocycles. The zero-order chi connectivity index (χ0) is 14.0. The Kier molecular flexibility index (Phi) is 3.85. The molecule has 1 rings (SSSR count). The number of esters is 1. The van der Waals surface area contributed by atoms with Gasteiger partial charge < -0.3 is 15.6 Å². The van der Waals surface area contributed by atoms with E-state index >= 15 is 0 Å². The first-order valence-electron chi connectivity index (χ1n) is 4.95. The molecule has 0 spiro atoms. The monoisotopic (exact) mass is 263 g/mol. The maximum atomic E-state index is 13.2. The van der Waals surface area contributed by atoms with Crippen molar-refractivity contribution < 1.29 is 27.8 Å². The number of alkyl halides is 3. The van der Waals surface area contributed by atoms with E-state index < -0.39 is 35.4 Å². The van der Waals surface area contributed by atoms with Crippen LogP contribution in [0.15, 0.2) is 24.3 Å². The van der Waals surface area contributed by atoms with Crippen molar-refractivity contribution in [1.29, 1.82) is 0 Å². The molecular weight excluding hydrogens is 251 g/mol. The molecule has 0 amide bonds. The van der Waals surface area contributed by atoms with Crippen LogP contribution in [0.4, 0.5) is 13.2 Å². The van der Waals surface area contributed by atoms with E-state index in [4.69, 9.17) is 5.73 Å². The van der Waals surface area contributed by atoms with Crippen LogP contribution in [0.2, 0.25) is 0 Å². The maximum absolute atomic E-state index is 13.2. The Morgan fingerprint density at radius 3 is 2.33 bits per heavy atom. The molecule has 1 aromatic carbocycles. The largest absolute Gasteiger partial charge is 0.508 e. The second-order valence-corrected chi connectivity index (χ2v) is 3.62. The lowest BCUT2D eigenvalue weighted by molar-refractivity contribution is -0.205. The average Bonchev–Trinajstić information content (AvgIpc) is 2.30. The fourth-order valence-corrected chi connectivity index (χ4v) is 1.70. The summed E-state index contributed by atoms with van der Waals surface area (Å²) in [6.45, 7) is -1.05. The smallest absolute Gasteiger partial charge is 0.410 e. The van der Waals surface area contributed by atoms with Crippen molar-refractivity contribution in [3.63, 3.8) is 0 Å². The van der Waals surface area contributed by atoms with Crippen molar-refractivity contribution in [3.05, 3.63) is 29.8 Å². The van der Waals surface area contributed by atoms with Gasteiger partial charge in [0.25, 0.3) is 0 Å². The molecule has 0 saturated carbocycles. The molecule has 0 aliphatic rings. The number of carbonyl (C=O) groups is 1. The summed E-state index contributed by atoms with van der Waals surface area (Å²) in [5, 5.41) is 9.52. The molecule has 0 radical (unpaired) electrons. The summed E-state index contributed by atoms with van der Waals surface area (Å²) in [5.41, 5.74) is 1.46. The minimum absolute atomic E-state index is 0.619. The highest BCUT2D eigenvalue weighted by Gasteiger charge is 2.62. The average molecular weight is 263 g/mol. The second-order valence-electron chi connectivity index (χ2n) is 3.62. The molecule has 18 heavy (non-hydrogen) atoms. The number of methoxy groups -OCH3 is 1. The van der Waals surface area contributed by atoms with E-state index in [0.29, 0.717) is 0 Å². The van der Waals surface area contributed by atoms with Gasteiger partial charge in [0.1, 0.15) is 5.75 Å². The second kappa shape index (κ2) is 4.85. The topological polar surface area (TPSA) is 72.5 Å². The number of ether oxygens (including phenoxy) is 1. The SMILES string of the molecule is COC(=O)C(CN)(c1ccccc1O)C(F)(F)F.